The molecule has 0 unspecified atom stereocenters. The van der Waals surface area contributed by atoms with Crippen LogP contribution < -0.4 is 4.74 Å². The Morgan fingerprint density at radius 2 is 1.60 bits per heavy atom. The molecule has 0 saturated heterocycles. The molecule has 0 aliphatic heterocycles. The topological polar surface area (TPSA) is 52.6 Å². The van der Waals surface area contributed by atoms with Crippen molar-refractivity contribution < 1.29 is 19.1 Å². The lowest BCUT2D eigenvalue weighted by molar-refractivity contribution is 0.0471. The van der Waals surface area contributed by atoms with Crippen molar-refractivity contribution in [3.05, 3.63) is 65.7 Å². The third kappa shape index (κ3) is 3.23. The molecule has 0 saturated carbocycles. The number of hydrogen-bond acceptors (Lipinski definition) is 4. The molecule has 0 N–H and O–H groups in total. The normalized spacial score (nSPS) is 9.85. The molecule has 0 amide bonds. The Hall–Kier alpha value is -2.62. The smallest absolute Gasteiger partial charge is 0.342 e. The lowest BCUT2D eigenvalue weighted by Crippen LogP contribution is -2.14. The van der Waals surface area contributed by atoms with Gasteiger partial charge in [-0.25, -0.2) is 4.79 Å². The molecule has 0 bridgehead atoms. The van der Waals surface area contributed by atoms with E-state index >= 15 is 0 Å². The SMILES string of the molecule is COc1ccccc1C(=O)OCC(=O)c1ccccc1. The number of para-hydroxylation sites is 1. The van der Waals surface area contributed by atoms with Crippen molar-refractivity contribution in [1.82, 2.24) is 0 Å². The molecule has 0 heterocycles. The third-order valence-electron chi connectivity index (χ3n) is 2.76. The Kier molecular flexibility index (Phi) is 4.50. The summed E-state index contributed by atoms with van der Waals surface area (Å²) >= 11 is 0. The van der Waals surface area contributed by atoms with E-state index in [0.717, 1.165) is 0 Å². The average molecular weight is 270 g/mol. The van der Waals surface area contributed by atoms with Crippen molar-refractivity contribution in [2.24, 2.45) is 0 Å². The standard InChI is InChI=1S/C16H14O4/c1-19-15-10-6-5-9-13(15)16(18)20-11-14(17)12-7-3-2-4-8-12/h2-10H,11H2,1H3. The highest BCUT2D eigenvalue weighted by Gasteiger charge is 2.15. The summed E-state index contributed by atoms with van der Waals surface area (Å²) in [4.78, 5) is 23.7. The van der Waals surface area contributed by atoms with Gasteiger partial charge in [0, 0.05) is 5.56 Å². The van der Waals surface area contributed by atoms with E-state index in [2.05, 4.69) is 0 Å². The molecule has 2 aromatic carbocycles. The number of ether oxygens (including phenoxy) is 2. The molecule has 0 aliphatic rings. The van der Waals surface area contributed by atoms with E-state index < -0.39 is 5.97 Å². The molecule has 2 rings (SSSR count). The Balaban J connectivity index is 2.01. The van der Waals surface area contributed by atoms with Crippen LogP contribution in [-0.2, 0) is 4.74 Å². The lowest BCUT2D eigenvalue weighted by Gasteiger charge is -2.08. The van der Waals surface area contributed by atoms with Crippen molar-refractivity contribution in [2.45, 2.75) is 0 Å². The van der Waals surface area contributed by atoms with Gasteiger partial charge in [0.05, 0.1) is 7.11 Å². The van der Waals surface area contributed by atoms with Gasteiger partial charge in [0.1, 0.15) is 11.3 Å². The molecule has 0 fully saturated rings. The molecule has 0 spiro atoms. The summed E-state index contributed by atoms with van der Waals surface area (Å²) in [6, 6.07) is 15.4. The lowest BCUT2D eigenvalue weighted by atomic mass is 10.1. The van der Waals surface area contributed by atoms with Gasteiger partial charge in [0.15, 0.2) is 12.4 Å². The van der Waals surface area contributed by atoms with Gasteiger partial charge >= 0.3 is 5.97 Å². The molecule has 0 radical (unpaired) electrons. The minimum atomic E-state index is -0.577. The molecule has 4 heteroatoms. The monoisotopic (exact) mass is 270 g/mol. The van der Waals surface area contributed by atoms with Crippen LogP contribution in [0.2, 0.25) is 0 Å². The van der Waals surface area contributed by atoms with Gasteiger partial charge < -0.3 is 9.47 Å². The van der Waals surface area contributed by atoms with Crippen LogP contribution in [0, 0.1) is 0 Å². The second kappa shape index (κ2) is 6.52. The zero-order valence-electron chi connectivity index (χ0n) is 11.0. The summed E-state index contributed by atoms with van der Waals surface area (Å²) in [7, 11) is 1.47. The van der Waals surface area contributed by atoms with Crippen LogP contribution in [0.1, 0.15) is 20.7 Å². The van der Waals surface area contributed by atoms with Crippen LogP contribution in [0.4, 0.5) is 0 Å². The van der Waals surface area contributed by atoms with E-state index in [9.17, 15) is 9.59 Å². The van der Waals surface area contributed by atoms with Crippen LogP contribution in [0.3, 0.4) is 0 Å². The van der Waals surface area contributed by atoms with Gasteiger partial charge in [-0.15, -0.1) is 0 Å². The third-order valence-corrected chi connectivity index (χ3v) is 2.76. The number of esters is 1. The van der Waals surface area contributed by atoms with Gasteiger partial charge in [-0.05, 0) is 12.1 Å². The maximum atomic E-state index is 11.9. The summed E-state index contributed by atoms with van der Waals surface area (Å²) in [6.07, 6.45) is 0. The van der Waals surface area contributed by atoms with E-state index in [1.54, 1.807) is 48.5 Å². The zero-order chi connectivity index (χ0) is 14.4. The Bertz CT molecular complexity index is 605. The zero-order valence-corrected chi connectivity index (χ0v) is 11.0. The first-order chi connectivity index (χ1) is 9.72. The number of carbonyl (C=O) groups excluding carboxylic acids is 2. The first-order valence-corrected chi connectivity index (χ1v) is 6.11. The number of ketones is 1. The van der Waals surface area contributed by atoms with Gasteiger partial charge in [-0.3, -0.25) is 4.79 Å². The first-order valence-electron chi connectivity index (χ1n) is 6.11. The van der Waals surface area contributed by atoms with E-state index in [4.69, 9.17) is 9.47 Å². The van der Waals surface area contributed by atoms with Crippen molar-refractivity contribution in [3.63, 3.8) is 0 Å². The largest absolute Gasteiger partial charge is 0.496 e. The summed E-state index contributed by atoms with van der Waals surface area (Å²) in [5, 5.41) is 0. The molecule has 0 aliphatic carbocycles. The van der Waals surface area contributed by atoms with Crippen molar-refractivity contribution in [3.8, 4) is 5.75 Å². The Labute approximate surface area is 116 Å². The first kappa shape index (κ1) is 13.8. The van der Waals surface area contributed by atoms with Gasteiger partial charge in [0.25, 0.3) is 0 Å². The highest BCUT2D eigenvalue weighted by molar-refractivity contribution is 5.99. The van der Waals surface area contributed by atoms with Crippen molar-refractivity contribution >= 4 is 11.8 Å². The Morgan fingerprint density at radius 1 is 0.950 bits per heavy atom. The molecule has 0 atom stereocenters. The predicted molar refractivity (Wildman–Crippen MR) is 74.0 cm³/mol. The molecule has 102 valence electrons. The summed E-state index contributed by atoms with van der Waals surface area (Å²) in [5.41, 5.74) is 0.816. The number of Topliss-reactive ketones (excluding diaryl/α,β-unsaturated/α-hetero) is 1. The average Bonchev–Trinajstić information content (AvgIpc) is 2.53. The minimum absolute atomic E-state index is 0.242. The van der Waals surface area contributed by atoms with Crippen LogP contribution in [-0.4, -0.2) is 25.5 Å². The maximum Gasteiger partial charge on any atom is 0.342 e. The van der Waals surface area contributed by atoms with Crippen molar-refractivity contribution in [1.29, 1.82) is 0 Å². The molecular formula is C16H14O4. The van der Waals surface area contributed by atoms with E-state index in [1.165, 1.54) is 7.11 Å². The molecule has 0 aromatic heterocycles. The van der Waals surface area contributed by atoms with Crippen LogP contribution in [0.25, 0.3) is 0 Å². The molecular weight excluding hydrogens is 256 g/mol. The van der Waals surface area contributed by atoms with Gasteiger partial charge in [-0.2, -0.15) is 0 Å². The predicted octanol–water partition coefficient (Wildman–Crippen LogP) is 2.73. The quantitative estimate of drug-likeness (QED) is 0.619. The van der Waals surface area contributed by atoms with Crippen LogP contribution in [0.5, 0.6) is 5.75 Å². The number of rotatable bonds is 5. The van der Waals surface area contributed by atoms with Crippen LogP contribution >= 0.6 is 0 Å². The summed E-state index contributed by atoms with van der Waals surface area (Å²) in [6.45, 7) is -0.291. The fourth-order valence-electron chi connectivity index (χ4n) is 1.73. The van der Waals surface area contributed by atoms with Gasteiger partial charge in [0.2, 0.25) is 0 Å². The number of benzene rings is 2. The highest BCUT2D eigenvalue weighted by Crippen LogP contribution is 2.18. The second-order valence-corrected chi connectivity index (χ2v) is 4.07. The number of hydrogen-bond donors (Lipinski definition) is 0. The van der Waals surface area contributed by atoms with E-state index in [1.807, 2.05) is 6.07 Å². The van der Waals surface area contributed by atoms with E-state index in [0.29, 0.717) is 16.9 Å². The number of carbonyl (C=O) groups is 2. The highest BCUT2D eigenvalue weighted by atomic mass is 16.5. The molecule has 2 aromatic rings. The molecule has 20 heavy (non-hydrogen) atoms. The van der Waals surface area contributed by atoms with Gasteiger partial charge in [-0.1, -0.05) is 42.5 Å². The fourth-order valence-corrected chi connectivity index (χ4v) is 1.73. The van der Waals surface area contributed by atoms with Crippen molar-refractivity contribution in [2.75, 3.05) is 13.7 Å². The summed E-state index contributed by atoms with van der Waals surface area (Å²) in [5.74, 6) is -0.398. The second-order valence-electron chi connectivity index (χ2n) is 4.07. The van der Waals surface area contributed by atoms with E-state index in [-0.39, 0.29) is 12.4 Å². The summed E-state index contributed by atoms with van der Waals surface area (Å²) < 4.78 is 10.1. The minimum Gasteiger partial charge on any atom is -0.496 e. The van der Waals surface area contributed by atoms with Crippen LogP contribution in [0.15, 0.2) is 54.6 Å². The maximum absolute atomic E-state index is 11.9. The number of methoxy groups -OCH3 is 1. The fraction of sp³-hybridized carbons (Fsp3) is 0.125. The molecule has 4 nitrogen and oxygen atoms in total. The Morgan fingerprint density at radius 3 is 2.30 bits per heavy atom.